The van der Waals surface area contributed by atoms with Crippen molar-refractivity contribution in [3.05, 3.63) is 42.2 Å². The Bertz CT molecular complexity index is 245. The van der Waals surface area contributed by atoms with Crippen molar-refractivity contribution in [3.63, 3.8) is 0 Å². The zero-order valence-corrected chi connectivity index (χ0v) is 7.01. The lowest BCUT2D eigenvalue weighted by atomic mass is 10.2. The minimum atomic E-state index is 0.526. The van der Waals surface area contributed by atoms with Crippen molar-refractivity contribution >= 4 is 11.6 Å². The first-order valence-corrected chi connectivity index (χ1v) is 4.00. The smallest absolute Gasteiger partial charge is 0.0489 e. The standard InChI is InChI=1S/C9H10ClN/c1-2-3-8-4-9(5-10)7-11-6-8/h2,4,6-7H,1,3,5H2. The van der Waals surface area contributed by atoms with Gasteiger partial charge in [-0.2, -0.15) is 0 Å². The second-order valence-corrected chi connectivity index (χ2v) is 2.60. The fraction of sp³-hybridized carbons (Fsp3) is 0.222. The van der Waals surface area contributed by atoms with Crippen LogP contribution in [-0.2, 0) is 12.3 Å². The molecule has 1 aromatic heterocycles. The third kappa shape index (κ3) is 2.35. The molecule has 0 unspecified atom stereocenters. The van der Waals surface area contributed by atoms with Gasteiger partial charge in [0, 0.05) is 18.3 Å². The van der Waals surface area contributed by atoms with Crippen LogP contribution in [0.1, 0.15) is 11.1 Å². The van der Waals surface area contributed by atoms with E-state index in [1.54, 1.807) is 6.20 Å². The van der Waals surface area contributed by atoms with E-state index in [0.29, 0.717) is 5.88 Å². The minimum absolute atomic E-state index is 0.526. The van der Waals surface area contributed by atoms with Gasteiger partial charge in [-0.15, -0.1) is 18.2 Å². The second kappa shape index (κ2) is 4.14. The van der Waals surface area contributed by atoms with Crippen molar-refractivity contribution in [2.75, 3.05) is 0 Å². The van der Waals surface area contributed by atoms with Crippen molar-refractivity contribution in [1.82, 2.24) is 4.98 Å². The number of nitrogens with zero attached hydrogens (tertiary/aromatic N) is 1. The van der Waals surface area contributed by atoms with Gasteiger partial charge in [-0.3, -0.25) is 4.98 Å². The maximum absolute atomic E-state index is 5.63. The molecule has 0 saturated carbocycles. The normalized spacial score (nSPS) is 9.55. The second-order valence-electron chi connectivity index (χ2n) is 2.33. The van der Waals surface area contributed by atoms with E-state index in [1.165, 1.54) is 0 Å². The first-order valence-electron chi connectivity index (χ1n) is 3.46. The summed E-state index contributed by atoms with van der Waals surface area (Å²) in [5, 5.41) is 0. The lowest BCUT2D eigenvalue weighted by Gasteiger charge is -1.97. The molecular weight excluding hydrogens is 158 g/mol. The van der Waals surface area contributed by atoms with Crippen LogP contribution in [0.3, 0.4) is 0 Å². The summed E-state index contributed by atoms with van der Waals surface area (Å²) in [5.41, 5.74) is 2.23. The Kier molecular flexibility index (Phi) is 3.12. The van der Waals surface area contributed by atoms with Gasteiger partial charge in [-0.25, -0.2) is 0 Å². The summed E-state index contributed by atoms with van der Waals surface area (Å²) in [5.74, 6) is 0.526. The van der Waals surface area contributed by atoms with Crippen LogP contribution in [0, 0.1) is 0 Å². The van der Waals surface area contributed by atoms with Gasteiger partial charge in [0.15, 0.2) is 0 Å². The van der Waals surface area contributed by atoms with Crippen LogP contribution in [0.4, 0.5) is 0 Å². The van der Waals surface area contributed by atoms with Crippen LogP contribution >= 0.6 is 11.6 Å². The Labute approximate surface area is 71.7 Å². The Morgan fingerprint density at radius 2 is 2.18 bits per heavy atom. The summed E-state index contributed by atoms with van der Waals surface area (Å²) in [4.78, 5) is 4.04. The number of halogens is 1. The van der Waals surface area contributed by atoms with E-state index in [1.807, 2.05) is 18.3 Å². The summed E-state index contributed by atoms with van der Waals surface area (Å²) in [7, 11) is 0. The predicted octanol–water partition coefficient (Wildman–Crippen LogP) is 2.55. The fourth-order valence-corrected chi connectivity index (χ4v) is 1.04. The van der Waals surface area contributed by atoms with E-state index in [9.17, 15) is 0 Å². The molecule has 0 saturated heterocycles. The zero-order valence-electron chi connectivity index (χ0n) is 6.26. The topological polar surface area (TPSA) is 12.9 Å². The number of hydrogen-bond donors (Lipinski definition) is 0. The molecule has 0 N–H and O–H groups in total. The molecule has 11 heavy (non-hydrogen) atoms. The number of pyridine rings is 1. The quantitative estimate of drug-likeness (QED) is 0.498. The lowest BCUT2D eigenvalue weighted by molar-refractivity contribution is 1.15. The molecule has 0 atom stereocenters. The lowest BCUT2D eigenvalue weighted by Crippen LogP contribution is -1.86. The van der Waals surface area contributed by atoms with Gasteiger partial charge in [0.25, 0.3) is 0 Å². The molecular formula is C9H10ClN. The Morgan fingerprint density at radius 3 is 2.82 bits per heavy atom. The Morgan fingerprint density at radius 1 is 1.45 bits per heavy atom. The minimum Gasteiger partial charge on any atom is -0.264 e. The van der Waals surface area contributed by atoms with E-state index in [-0.39, 0.29) is 0 Å². The average molecular weight is 168 g/mol. The first kappa shape index (κ1) is 8.28. The van der Waals surface area contributed by atoms with Gasteiger partial charge in [0.05, 0.1) is 0 Å². The SMILES string of the molecule is C=CCc1cncc(CCl)c1. The number of alkyl halides is 1. The van der Waals surface area contributed by atoms with Crippen LogP contribution in [-0.4, -0.2) is 4.98 Å². The highest BCUT2D eigenvalue weighted by Gasteiger charge is 1.92. The fourth-order valence-electron chi connectivity index (χ4n) is 0.893. The molecule has 0 aliphatic rings. The number of allylic oxidation sites excluding steroid dienone is 1. The van der Waals surface area contributed by atoms with E-state index in [4.69, 9.17) is 11.6 Å². The van der Waals surface area contributed by atoms with Crippen LogP contribution in [0.15, 0.2) is 31.1 Å². The van der Waals surface area contributed by atoms with Crippen molar-refractivity contribution < 1.29 is 0 Å². The zero-order chi connectivity index (χ0) is 8.10. The van der Waals surface area contributed by atoms with E-state index < -0.39 is 0 Å². The highest BCUT2D eigenvalue weighted by atomic mass is 35.5. The van der Waals surface area contributed by atoms with Crippen molar-refractivity contribution in [2.45, 2.75) is 12.3 Å². The molecule has 0 amide bonds. The average Bonchev–Trinajstić information content (AvgIpc) is 2.06. The monoisotopic (exact) mass is 167 g/mol. The van der Waals surface area contributed by atoms with Gasteiger partial charge >= 0.3 is 0 Å². The third-order valence-electron chi connectivity index (χ3n) is 1.39. The molecule has 0 fully saturated rings. The van der Waals surface area contributed by atoms with E-state index >= 15 is 0 Å². The largest absolute Gasteiger partial charge is 0.264 e. The molecule has 0 spiro atoms. The molecule has 1 rings (SSSR count). The summed E-state index contributed by atoms with van der Waals surface area (Å²) in [6.45, 7) is 3.65. The van der Waals surface area contributed by atoms with E-state index in [2.05, 4.69) is 11.6 Å². The van der Waals surface area contributed by atoms with Crippen molar-refractivity contribution in [3.8, 4) is 0 Å². The Hall–Kier alpha value is -0.820. The van der Waals surface area contributed by atoms with Crippen molar-refractivity contribution in [1.29, 1.82) is 0 Å². The number of hydrogen-bond acceptors (Lipinski definition) is 1. The number of aromatic nitrogens is 1. The summed E-state index contributed by atoms with van der Waals surface area (Å²) < 4.78 is 0. The molecule has 0 aliphatic heterocycles. The first-order chi connectivity index (χ1) is 5.36. The highest BCUT2D eigenvalue weighted by Crippen LogP contribution is 2.05. The Balaban J connectivity index is 2.82. The molecule has 1 aromatic rings. The molecule has 0 bridgehead atoms. The van der Waals surface area contributed by atoms with Gasteiger partial charge in [-0.1, -0.05) is 12.1 Å². The van der Waals surface area contributed by atoms with Gasteiger partial charge in [-0.05, 0) is 17.5 Å². The molecule has 0 radical (unpaired) electrons. The molecule has 58 valence electrons. The molecule has 0 aromatic carbocycles. The van der Waals surface area contributed by atoms with E-state index in [0.717, 1.165) is 17.5 Å². The molecule has 1 nitrogen and oxygen atoms in total. The summed E-state index contributed by atoms with van der Waals surface area (Å²) >= 11 is 5.63. The maximum Gasteiger partial charge on any atom is 0.0489 e. The molecule has 0 aliphatic carbocycles. The maximum atomic E-state index is 5.63. The molecule has 2 heteroatoms. The number of rotatable bonds is 3. The van der Waals surface area contributed by atoms with Crippen LogP contribution < -0.4 is 0 Å². The van der Waals surface area contributed by atoms with Crippen LogP contribution in [0.2, 0.25) is 0 Å². The van der Waals surface area contributed by atoms with Crippen LogP contribution in [0.25, 0.3) is 0 Å². The van der Waals surface area contributed by atoms with Gasteiger partial charge in [0.1, 0.15) is 0 Å². The summed E-state index contributed by atoms with van der Waals surface area (Å²) in [6, 6.07) is 2.04. The summed E-state index contributed by atoms with van der Waals surface area (Å²) in [6.07, 6.45) is 6.32. The van der Waals surface area contributed by atoms with Crippen molar-refractivity contribution in [2.24, 2.45) is 0 Å². The van der Waals surface area contributed by atoms with Gasteiger partial charge < -0.3 is 0 Å². The predicted molar refractivity (Wildman–Crippen MR) is 47.7 cm³/mol. The van der Waals surface area contributed by atoms with Crippen LogP contribution in [0.5, 0.6) is 0 Å². The highest BCUT2D eigenvalue weighted by molar-refractivity contribution is 6.17. The van der Waals surface area contributed by atoms with Gasteiger partial charge in [0.2, 0.25) is 0 Å². The molecule has 1 heterocycles. The third-order valence-corrected chi connectivity index (χ3v) is 1.69.